The van der Waals surface area contributed by atoms with Crippen LogP contribution in [-0.4, -0.2) is 32.6 Å². The van der Waals surface area contributed by atoms with E-state index in [-0.39, 0.29) is 12.5 Å². The van der Waals surface area contributed by atoms with Crippen LogP contribution >= 0.6 is 0 Å². The highest BCUT2D eigenvalue weighted by Gasteiger charge is 2.29. The number of hydrogen-bond donors (Lipinski definition) is 2. The first kappa shape index (κ1) is 15.5. The van der Waals surface area contributed by atoms with Crippen molar-refractivity contribution >= 4 is 23.1 Å². The lowest BCUT2D eigenvalue weighted by molar-refractivity contribution is 0.158. The van der Waals surface area contributed by atoms with Crippen molar-refractivity contribution in [3.8, 4) is 11.1 Å². The molecule has 4 aromatic rings. The topological polar surface area (TPSA) is 92.8 Å². The number of carbonyl (C=O) groups excluding carboxylic acids is 1. The summed E-state index contributed by atoms with van der Waals surface area (Å²) in [4.78, 5) is 27.4. The van der Waals surface area contributed by atoms with Gasteiger partial charge in [-0.25, -0.2) is 19.7 Å². The Balaban J connectivity index is 1.36. The van der Waals surface area contributed by atoms with Crippen LogP contribution in [0.4, 0.5) is 10.6 Å². The minimum absolute atomic E-state index is 0.0129. The molecule has 1 aliphatic carbocycles. The van der Waals surface area contributed by atoms with Crippen molar-refractivity contribution in [2.45, 2.75) is 5.92 Å². The molecule has 0 bridgehead atoms. The van der Waals surface area contributed by atoms with Crippen LogP contribution in [0.2, 0.25) is 0 Å². The van der Waals surface area contributed by atoms with Crippen LogP contribution in [0.1, 0.15) is 17.0 Å². The van der Waals surface area contributed by atoms with E-state index in [2.05, 4.69) is 49.5 Å². The van der Waals surface area contributed by atoms with Gasteiger partial charge in [0.2, 0.25) is 0 Å². The van der Waals surface area contributed by atoms with E-state index in [0.717, 1.165) is 0 Å². The van der Waals surface area contributed by atoms with Gasteiger partial charge in [-0.3, -0.25) is 5.32 Å². The molecule has 7 nitrogen and oxygen atoms in total. The van der Waals surface area contributed by atoms with Crippen LogP contribution in [0.15, 0.2) is 61.2 Å². The molecule has 1 aliphatic rings. The number of nitrogens with one attached hydrogen (secondary N) is 2. The maximum Gasteiger partial charge on any atom is 0.412 e. The first-order chi connectivity index (χ1) is 13.3. The van der Waals surface area contributed by atoms with E-state index < -0.39 is 6.09 Å². The van der Waals surface area contributed by atoms with Crippen molar-refractivity contribution in [2.24, 2.45) is 0 Å². The fourth-order valence-electron chi connectivity index (χ4n) is 3.59. The Hall–Kier alpha value is -3.74. The van der Waals surface area contributed by atoms with Gasteiger partial charge in [0.05, 0.1) is 6.33 Å². The first-order valence-electron chi connectivity index (χ1n) is 8.57. The van der Waals surface area contributed by atoms with E-state index in [4.69, 9.17) is 4.74 Å². The lowest BCUT2D eigenvalue weighted by Crippen LogP contribution is -2.18. The number of anilines is 1. The SMILES string of the molecule is O=C(Nc1ncnc2[nH]cnc12)OCC1c2ccccc2-c2ccccc21. The zero-order valence-electron chi connectivity index (χ0n) is 14.2. The normalized spacial score (nSPS) is 12.6. The smallest absolute Gasteiger partial charge is 0.412 e. The summed E-state index contributed by atoms with van der Waals surface area (Å²) in [5, 5.41) is 2.65. The zero-order valence-corrected chi connectivity index (χ0v) is 14.2. The van der Waals surface area contributed by atoms with Gasteiger partial charge in [-0.1, -0.05) is 48.5 Å². The van der Waals surface area contributed by atoms with E-state index in [1.165, 1.54) is 34.9 Å². The van der Waals surface area contributed by atoms with Crippen LogP contribution in [-0.2, 0) is 4.74 Å². The zero-order chi connectivity index (χ0) is 18.2. The Morgan fingerprint density at radius 1 is 1.00 bits per heavy atom. The Morgan fingerprint density at radius 2 is 1.70 bits per heavy atom. The van der Waals surface area contributed by atoms with E-state index in [0.29, 0.717) is 17.0 Å². The molecule has 2 aromatic heterocycles. The number of H-pyrrole nitrogens is 1. The molecular weight excluding hydrogens is 342 g/mol. The second-order valence-corrected chi connectivity index (χ2v) is 6.27. The molecule has 7 heteroatoms. The molecule has 2 heterocycles. The molecule has 132 valence electrons. The van der Waals surface area contributed by atoms with Gasteiger partial charge in [-0.2, -0.15) is 0 Å². The first-order valence-corrected chi connectivity index (χ1v) is 8.57. The minimum Gasteiger partial charge on any atom is -0.448 e. The van der Waals surface area contributed by atoms with Crippen molar-refractivity contribution in [2.75, 3.05) is 11.9 Å². The summed E-state index contributed by atoms with van der Waals surface area (Å²) in [6.45, 7) is 0.245. The fraction of sp³-hybridized carbons (Fsp3) is 0.100. The van der Waals surface area contributed by atoms with E-state index in [9.17, 15) is 4.79 Å². The molecule has 0 radical (unpaired) electrons. The standard InChI is InChI=1S/C20H15N5O2/c26-20(25-19-17-18(22-10-21-17)23-11-24-19)27-9-16-14-7-3-1-5-12(14)13-6-2-4-8-15(13)16/h1-8,10-11,16H,9H2,(H2,21,22,23,24,25,26). The molecular formula is C20H15N5O2. The highest BCUT2D eigenvalue weighted by molar-refractivity contribution is 5.93. The van der Waals surface area contributed by atoms with Crippen molar-refractivity contribution in [1.29, 1.82) is 0 Å². The Bertz CT molecular complexity index is 1110. The molecule has 0 atom stereocenters. The predicted molar refractivity (Wildman–Crippen MR) is 100 cm³/mol. The molecule has 5 rings (SSSR count). The number of carbonyl (C=O) groups is 1. The summed E-state index contributed by atoms with van der Waals surface area (Å²) in [6.07, 6.45) is 2.29. The maximum atomic E-state index is 12.3. The number of hydrogen-bond acceptors (Lipinski definition) is 5. The number of fused-ring (bicyclic) bond motifs is 4. The average molecular weight is 357 g/mol. The summed E-state index contributed by atoms with van der Waals surface area (Å²) in [6, 6.07) is 16.4. The van der Waals surface area contributed by atoms with E-state index in [1.54, 1.807) is 0 Å². The number of amides is 1. The van der Waals surface area contributed by atoms with Gasteiger partial charge in [0.15, 0.2) is 17.0 Å². The average Bonchev–Trinajstić information content (AvgIpc) is 3.30. The minimum atomic E-state index is -0.570. The third-order valence-corrected chi connectivity index (χ3v) is 4.78. The quantitative estimate of drug-likeness (QED) is 0.583. The van der Waals surface area contributed by atoms with Gasteiger partial charge in [0.1, 0.15) is 12.9 Å². The van der Waals surface area contributed by atoms with Crippen LogP contribution in [0.25, 0.3) is 22.3 Å². The van der Waals surface area contributed by atoms with Crippen LogP contribution in [0.3, 0.4) is 0 Å². The summed E-state index contributed by atoms with van der Waals surface area (Å²) in [5.74, 6) is 0.331. The van der Waals surface area contributed by atoms with Crippen molar-refractivity contribution in [3.05, 3.63) is 72.3 Å². The van der Waals surface area contributed by atoms with Crippen LogP contribution in [0.5, 0.6) is 0 Å². The van der Waals surface area contributed by atoms with Gasteiger partial charge < -0.3 is 9.72 Å². The summed E-state index contributed by atoms with van der Waals surface area (Å²) < 4.78 is 5.52. The Morgan fingerprint density at radius 3 is 2.44 bits per heavy atom. The van der Waals surface area contributed by atoms with Gasteiger partial charge in [-0.15, -0.1) is 0 Å². The van der Waals surface area contributed by atoms with Gasteiger partial charge in [0.25, 0.3) is 0 Å². The number of imidazole rings is 1. The summed E-state index contributed by atoms with van der Waals surface area (Å²) >= 11 is 0. The molecule has 0 saturated carbocycles. The number of rotatable bonds is 3. The largest absolute Gasteiger partial charge is 0.448 e. The second kappa shape index (κ2) is 6.21. The molecule has 0 unspecified atom stereocenters. The van der Waals surface area contributed by atoms with Crippen molar-refractivity contribution in [3.63, 3.8) is 0 Å². The molecule has 2 N–H and O–H groups in total. The molecule has 27 heavy (non-hydrogen) atoms. The van der Waals surface area contributed by atoms with Gasteiger partial charge in [-0.05, 0) is 22.3 Å². The highest BCUT2D eigenvalue weighted by atomic mass is 16.5. The van der Waals surface area contributed by atoms with E-state index >= 15 is 0 Å². The number of nitrogens with zero attached hydrogens (tertiary/aromatic N) is 3. The molecule has 0 fully saturated rings. The molecule has 0 saturated heterocycles. The monoisotopic (exact) mass is 357 g/mol. The van der Waals surface area contributed by atoms with Crippen molar-refractivity contribution in [1.82, 2.24) is 19.9 Å². The van der Waals surface area contributed by atoms with Gasteiger partial charge >= 0.3 is 6.09 Å². The summed E-state index contributed by atoms with van der Waals surface area (Å²) in [5.41, 5.74) is 5.77. The maximum absolute atomic E-state index is 12.3. The summed E-state index contributed by atoms with van der Waals surface area (Å²) in [7, 11) is 0. The Kier molecular flexibility index (Phi) is 3.57. The lowest BCUT2D eigenvalue weighted by atomic mass is 9.98. The van der Waals surface area contributed by atoms with Crippen LogP contribution < -0.4 is 5.32 Å². The number of ether oxygens (including phenoxy) is 1. The molecule has 0 aliphatic heterocycles. The van der Waals surface area contributed by atoms with Gasteiger partial charge in [0, 0.05) is 5.92 Å². The lowest BCUT2D eigenvalue weighted by Gasteiger charge is -2.14. The molecule has 0 spiro atoms. The van der Waals surface area contributed by atoms with Crippen LogP contribution in [0, 0.1) is 0 Å². The third kappa shape index (κ3) is 2.60. The number of benzene rings is 2. The third-order valence-electron chi connectivity index (χ3n) is 4.78. The predicted octanol–water partition coefficient (Wildman–Crippen LogP) is 3.71. The molecule has 2 aromatic carbocycles. The number of aromatic amines is 1. The molecule has 1 amide bonds. The van der Waals surface area contributed by atoms with Crippen molar-refractivity contribution < 1.29 is 9.53 Å². The Labute approximate surface area is 154 Å². The fourth-order valence-corrected chi connectivity index (χ4v) is 3.59. The highest BCUT2D eigenvalue weighted by Crippen LogP contribution is 2.44. The number of aromatic nitrogens is 4. The second-order valence-electron chi connectivity index (χ2n) is 6.27. The van der Waals surface area contributed by atoms with E-state index in [1.807, 2.05) is 24.3 Å².